The molecule has 0 saturated carbocycles. The first-order chi connectivity index (χ1) is 10.0. The summed E-state index contributed by atoms with van der Waals surface area (Å²) < 4.78 is 24.5. The smallest absolute Gasteiger partial charge is 0.139 e. The number of rotatable bonds is 5. The van der Waals surface area contributed by atoms with Crippen molar-refractivity contribution < 1.29 is 13.9 Å². The van der Waals surface area contributed by atoms with Crippen LogP contribution in [0, 0.1) is 12.7 Å². The van der Waals surface area contributed by atoms with Crippen molar-refractivity contribution in [2.24, 2.45) is 5.73 Å². The van der Waals surface area contributed by atoms with Gasteiger partial charge in [0.25, 0.3) is 0 Å². The van der Waals surface area contributed by atoms with Gasteiger partial charge in [-0.15, -0.1) is 0 Å². The van der Waals surface area contributed by atoms with Crippen molar-refractivity contribution in [3.63, 3.8) is 0 Å². The minimum atomic E-state index is -0.329. The third-order valence-corrected chi connectivity index (χ3v) is 3.29. The summed E-state index contributed by atoms with van der Waals surface area (Å²) in [7, 11) is 1.62. The Balaban J connectivity index is 2.28. The van der Waals surface area contributed by atoms with E-state index in [1.807, 2.05) is 31.2 Å². The molecule has 112 valence electrons. The quantitative estimate of drug-likeness (QED) is 0.914. The lowest BCUT2D eigenvalue weighted by molar-refractivity contribution is 0.180. The number of hydrogen-bond donors (Lipinski definition) is 1. The van der Waals surface area contributed by atoms with Gasteiger partial charge in [0, 0.05) is 6.04 Å². The number of aryl methyl sites for hydroxylation is 1. The van der Waals surface area contributed by atoms with Crippen LogP contribution in [0.3, 0.4) is 0 Å². The average molecular weight is 289 g/mol. The lowest BCUT2D eigenvalue weighted by Gasteiger charge is -2.23. The summed E-state index contributed by atoms with van der Waals surface area (Å²) in [5.74, 6) is 1.09. The molecule has 3 nitrogen and oxygen atoms in total. The highest BCUT2D eigenvalue weighted by atomic mass is 19.1. The van der Waals surface area contributed by atoms with Crippen molar-refractivity contribution in [3.8, 4) is 11.5 Å². The molecule has 0 saturated heterocycles. The number of halogens is 1. The maximum Gasteiger partial charge on any atom is 0.139 e. The molecule has 0 bridgehead atoms. The van der Waals surface area contributed by atoms with Crippen molar-refractivity contribution in [2.75, 3.05) is 7.11 Å². The van der Waals surface area contributed by atoms with Gasteiger partial charge in [0.1, 0.15) is 23.4 Å². The lowest BCUT2D eigenvalue weighted by Crippen LogP contribution is -2.29. The van der Waals surface area contributed by atoms with Gasteiger partial charge in [-0.3, -0.25) is 0 Å². The second-order valence-corrected chi connectivity index (χ2v) is 5.09. The van der Waals surface area contributed by atoms with Gasteiger partial charge in [0.05, 0.1) is 7.11 Å². The van der Waals surface area contributed by atoms with Crippen molar-refractivity contribution in [1.29, 1.82) is 0 Å². The summed E-state index contributed by atoms with van der Waals surface area (Å²) in [5.41, 5.74) is 7.50. The summed E-state index contributed by atoms with van der Waals surface area (Å²) in [5, 5.41) is 0. The van der Waals surface area contributed by atoms with Crippen LogP contribution in [-0.2, 0) is 0 Å². The number of nitrogens with two attached hydrogens (primary N) is 1. The SMILES string of the molecule is COc1cccc(C(Oc2ccc(F)c(C)c2)C(C)N)c1. The Bertz CT molecular complexity index is 613. The fraction of sp³-hybridized carbons (Fsp3) is 0.294. The Morgan fingerprint density at radius 2 is 1.86 bits per heavy atom. The maximum absolute atomic E-state index is 13.3. The van der Waals surface area contributed by atoms with Gasteiger partial charge in [-0.05, 0) is 55.3 Å². The van der Waals surface area contributed by atoms with Crippen molar-refractivity contribution in [1.82, 2.24) is 0 Å². The van der Waals surface area contributed by atoms with Gasteiger partial charge in [-0.25, -0.2) is 4.39 Å². The van der Waals surface area contributed by atoms with Crippen LogP contribution in [0.1, 0.15) is 24.2 Å². The predicted octanol–water partition coefficient (Wildman–Crippen LogP) is 3.61. The number of benzene rings is 2. The Morgan fingerprint density at radius 3 is 2.48 bits per heavy atom. The second-order valence-electron chi connectivity index (χ2n) is 5.09. The molecule has 0 amide bonds. The predicted molar refractivity (Wildman–Crippen MR) is 81.1 cm³/mol. The van der Waals surface area contributed by atoms with E-state index in [0.717, 1.165) is 11.3 Å². The molecule has 21 heavy (non-hydrogen) atoms. The fourth-order valence-electron chi connectivity index (χ4n) is 2.13. The molecule has 0 aromatic heterocycles. The van der Waals surface area contributed by atoms with Gasteiger partial charge in [0.15, 0.2) is 0 Å². The Kier molecular flexibility index (Phi) is 4.81. The van der Waals surface area contributed by atoms with E-state index in [2.05, 4.69) is 0 Å². The zero-order valence-electron chi connectivity index (χ0n) is 12.5. The molecule has 2 rings (SSSR count). The monoisotopic (exact) mass is 289 g/mol. The van der Waals surface area contributed by atoms with E-state index >= 15 is 0 Å². The highest BCUT2D eigenvalue weighted by molar-refractivity contribution is 5.33. The summed E-state index contributed by atoms with van der Waals surface area (Å²) in [6, 6.07) is 12.0. The summed E-state index contributed by atoms with van der Waals surface area (Å²) in [4.78, 5) is 0. The highest BCUT2D eigenvalue weighted by Gasteiger charge is 2.19. The molecule has 4 heteroatoms. The van der Waals surface area contributed by atoms with Gasteiger partial charge in [-0.2, -0.15) is 0 Å². The van der Waals surface area contributed by atoms with E-state index in [4.69, 9.17) is 15.2 Å². The average Bonchev–Trinajstić information content (AvgIpc) is 2.48. The standard InChI is InChI=1S/C17H20FNO2/c1-11-9-15(7-8-16(11)18)21-17(12(2)19)13-5-4-6-14(10-13)20-3/h4-10,12,17H,19H2,1-3H3. The zero-order chi connectivity index (χ0) is 15.4. The summed E-state index contributed by atoms with van der Waals surface area (Å²) in [6.07, 6.45) is -0.329. The van der Waals surface area contributed by atoms with Crippen LogP contribution in [0.5, 0.6) is 11.5 Å². The Morgan fingerprint density at radius 1 is 1.10 bits per heavy atom. The van der Waals surface area contributed by atoms with Crippen molar-refractivity contribution in [2.45, 2.75) is 26.0 Å². The van der Waals surface area contributed by atoms with E-state index in [9.17, 15) is 4.39 Å². The Labute approximate surface area is 124 Å². The van der Waals surface area contributed by atoms with Crippen LogP contribution in [0.2, 0.25) is 0 Å². The van der Waals surface area contributed by atoms with Gasteiger partial charge in [0.2, 0.25) is 0 Å². The molecule has 0 aliphatic carbocycles. The molecule has 2 atom stereocenters. The molecule has 0 fully saturated rings. The van der Waals surface area contributed by atoms with E-state index in [-0.39, 0.29) is 18.0 Å². The normalized spacial score (nSPS) is 13.6. The topological polar surface area (TPSA) is 44.5 Å². The van der Waals surface area contributed by atoms with Gasteiger partial charge in [-0.1, -0.05) is 12.1 Å². The molecule has 0 radical (unpaired) electrons. The first-order valence-electron chi connectivity index (χ1n) is 6.83. The van der Waals surface area contributed by atoms with E-state index in [0.29, 0.717) is 11.3 Å². The van der Waals surface area contributed by atoms with Crippen molar-refractivity contribution in [3.05, 3.63) is 59.4 Å². The molecule has 2 unspecified atom stereocenters. The molecule has 0 spiro atoms. The largest absolute Gasteiger partial charge is 0.497 e. The molecule has 0 heterocycles. The van der Waals surface area contributed by atoms with Crippen LogP contribution in [0.15, 0.2) is 42.5 Å². The number of methoxy groups -OCH3 is 1. The first kappa shape index (κ1) is 15.3. The molecule has 0 aliphatic rings. The minimum Gasteiger partial charge on any atom is -0.497 e. The molecule has 2 aromatic carbocycles. The van der Waals surface area contributed by atoms with E-state index < -0.39 is 0 Å². The molecule has 2 aromatic rings. The third kappa shape index (κ3) is 3.73. The molecular weight excluding hydrogens is 269 g/mol. The fourth-order valence-corrected chi connectivity index (χ4v) is 2.13. The second kappa shape index (κ2) is 6.59. The summed E-state index contributed by atoms with van der Waals surface area (Å²) >= 11 is 0. The van der Waals surface area contributed by atoms with Crippen LogP contribution in [0.25, 0.3) is 0 Å². The zero-order valence-corrected chi connectivity index (χ0v) is 12.5. The molecule has 2 N–H and O–H groups in total. The number of hydrogen-bond acceptors (Lipinski definition) is 3. The van der Waals surface area contributed by atoms with Crippen LogP contribution < -0.4 is 15.2 Å². The van der Waals surface area contributed by atoms with E-state index in [1.165, 1.54) is 6.07 Å². The van der Waals surface area contributed by atoms with Crippen LogP contribution in [-0.4, -0.2) is 13.2 Å². The molecular formula is C17H20FNO2. The van der Waals surface area contributed by atoms with E-state index in [1.54, 1.807) is 26.2 Å². The lowest BCUT2D eigenvalue weighted by atomic mass is 10.0. The highest BCUT2D eigenvalue weighted by Crippen LogP contribution is 2.27. The number of ether oxygens (including phenoxy) is 2. The third-order valence-electron chi connectivity index (χ3n) is 3.29. The first-order valence-corrected chi connectivity index (χ1v) is 6.83. The van der Waals surface area contributed by atoms with Gasteiger partial charge >= 0.3 is 0 Å². The van der Waals surface area contributed by atoms with Crippen molar-refractivity contribution >= 4 is 0 Å². The maximum atomic E-state index is 13.3. The van der Waals surface area contributed by atoms with Gasteiger partial charge < -0.3 is 15.2 Å². The van der Waals surface area contributed by atoms with Crippen LogP contribution in [0.4, 0.5) is 4.39 Å². The Hall–Kier alpha value is -2.07. The molecule has 0 aliphatic heterocycles. The van der Waals surface area contributed by atoms with Crippen LogP contribution >= 0.6 is 0 Å². The summed E-state index contributed by atoms with van der Waals surface area (Å²) in [6.45, 7) is 3.58. The minimum absolute atomic E-state index is 0.220.